The number of benzene rings is 2. The second-order valence-corrected chi connectivity index (χ2v) is 9.81. The lowest BCUT2D eigenvalue weighted by atomic mass is 9.97. The number of rotatable bonds is 16. The van der Waals surface area contributed by atoms with E-state index >= 15 is 0 Å². The molecule has 1 heterocycles. The molecule has 1 aromatic heterocycles. The molecule has 8 N–H and O–H groups in total. The number of aryl methyl sites for hydroxylation is 1. The second kappa shape index (κ2) is 16.3. The number of para-hydroxylation sites is 1. The predicted octanol–water partition coefficient (Wildman–Crippen LogP) is 1.50. The first-order valence-electron chi connectivity index (χ1n) is 13.8. The highest BCUT2D eigenvalue weighted by Gasteiger charge is 2.24. The smallest absolute Gasteiger partial charge is 0.317 e. The highest BCUT2D eigenvalue weighted by molar-refractivity contribution is 5.92. The maximum absolute atomic E-state index is 13.4. The maximum atomic E-state index is 13.4. The van der Waals surface area contributed by atoms with Crippen molar-refractivity contribution in [1.82, 2.24) is 20.5 Å². The van der Waals surface area contributed by atoms with Crippen LogP contribution in [0.1, 0.15) is 30.4 Å². The first-order valence-corrected chi connectivity index (χ1v) is 13.8. The number of carbonyl (C=O) groups is 3. The SMILES string of the molecule is NCCN(CCN)C(=O)NCCC[C@H](N)C(=O)N[C@H](CCc1ccccc1)C(=O)Cc1cnc2ccccc2c1. The Morgan fingerprint density at radius 3 is 2.33 bits per heavy atom. The summed E-state index contributed by atoms with van der Waals surface area (Å²) >= 11 is 0. The zero-order valence-electron chi connectivity index (χ0n) is 22.9. The normalized spacial score (nSPS) is 12.5. The van der Waals surface area contributed by atoms with Crippen molar-refractivity contribution in [3.05, 3.63) is 78.0 Å². The molecule has 3 aromatic rings. The van der Waals surface area contributed by atoms with Gasteiger partial charge in [0.15, 0.2) is 5.78 Å². The third kappa shape index (κ3) is 9.71. The van der Waals surface area contributed by atoms with Gasteiger partial charge in [-0.05, 0) is 48.9 Å². The molecular formula is C30H41N7O3. The summed E-state index contributed by atoms with van der Waals surface area (Å²) in [6, 6.07) is 17.8. The van der Waals surface area contributed by atoms with Gasteiger partial charge in [-0.1, -0.05) is 48.5 Å². The van der Waals surface area contributed by atoms with Gasteiger partial charge in [-0.25, -0.2) is 4.79 Å². The van der Waals surface area contributed by atoms with Crippen molar-refractivity contribution < 1.29 is 14.4 Å². The van der Waals surface area contributed by atoms with Crippen molar-refractivity contribution in [2.45, 2.75) is 44.2 Å². The Morgan fingerprint density at radius 2 is 1.60 bits per heavy atom. The van der Waals surface area contributed by atoms with E-state index in [1.54, 1.807) is 11.1 Å². The molecule has 0 saturated heterocycles. The third-order valence-corrected chi connectivity index (χ3v) is 6.69. The van der Waals surface area contributed by atoms with Gasteiger partial charge >= 0.3 is 6.03 Å². The lowest BCUT2D eigenvalue weighted by Gasteiger charge is -2.22. The molecule has 214 valence electrons. The molecule has 0 spiro atoms. The molecule has 2 aromatic carbocycles. The number of nitrogens with one attached hydrogen (secondary N) is 2. The van der Waals surface area contributed by atoms with E-state index < -0.39 is 12.1 Å². The summed E-state index contributed by atoms with van der Waals surface area (Å²) in [5.74, 6) is -0.483. The first kappa shape index (κ1) is 30.7. The number of amides is 3. The Morgan fingerprint density at radius 1 is 0.900 bits per heavy atom. The van der Waals surface area contributed by atoms with Crippen molar-refractivity contribution in [3.8, 4) is 0 Å². The number of fused-ring (bicyclic) bond motifs is 1. The fourth-order valence-corrected chi connectivity index (χ4v) is 4.47. The Kier molecular flexibility index (Phi) is 12.5. The molecule has 0 fully saturated rings. The average molecular weight is 548 g/mol. The zero-order chi connectivity index (χ0) is 28.7. The molecule has 0 saturated carbocycles. The van der Waals surface area contributed by atoms with Crippen LogP contribution in [0.4, 0.5) is 4.79 Å². The summed E-state index contributed by atoms with van der Waals surface area (Å²) in [6.45, 7) is 1.88. The van der Waals surface area contributed by atoms with E-state index in [-0.39, 0.29) is 24.1 Å². The van der Waals surface area contributed by atoms with Crippen molar-refractivity contribution in [3.63, 3.8) is 0 Å². The van der Waals surface area contributed by atoms with Crippen LogP contribution in [0.25, 0.3) is 10.9 Å². The third-order valence-electron chi connectivity index (χ3n) is 6.69. The van der Waals surface area contributed by atoms with E-state index in [0.29, 0.717) is 58.4 Å². The molecule has 0 aliphatic rings. The fraction of sp³-hybridized carbons (Fsp3) is 0.400. The van der Waals surface area contributed by atoms with Gasteiger partial charge < -0.3 is 32.7 Å². The highest BCUT2D eigenvalue weighted by atomic mass is 16.2. The Labute approximate surface area is 235 Å². The second-order valence-electron chi connectivity index (χ2n) is 9.81. The molecule has 10 nitrogen and oxygen atoms in total. The average Bonchev–Trinajstić information content (AvgIpc) is 2.97. The molecule has 3 rings (SSSR count). The summed E-state index contributed by atoms with van der Waals surface area (Å²) < 4.78 is 0. The number of urea groups is 1. The molecule has 0 unspecified atom stereocenters. The molecule has 0 aliphatic heterocycles. The number of aromatic nitrogens is 1. The summed E-state index contributed by atoms with van der Waals surface area (Å²) in [4.78, 5) is 44.7. The Bertz CT molecular complexity index is 1230. The van der Waals surface area contributed by atoms with Crippen LogP contribution < -0.4 is 27.8 Å². The minimum Gasteiger partial charge on any atom is -0.345 e. The van der Waals surface area contributed by atoms with Gasteiger partial charge in [-0.15, -0.1) is 0 Å². The lowest BCUT2D eigenvalue weighted by molar-refractivity contribution is -0.128. The van der Waals surface area contributed by atoms with Crippen molar-refractivity contribution in [2.24, 2.45) is 17.2 Å². The van der Waals surface area contributed by atoms with Gasteiger partial charge in [-0.2, -0.15) is 0 Å². The number of hydrogen-bond acceptors (Lipinski definition) is 7. The Balaban J connectivity index is 1.56. The van der Waals surface area contributed by atoms with Crippen LogP contribution in [0.3, 0.4) is 0 Å². The van der Waals surface area contributed by atoms with Crippen LogP contribution >= 0.6 is 0 Å². The Hall–Kier alpha value is -3.86. The molecular weight excluding hydrogens is 506 g/mol. The molecule has 0 aliphatic carbocycles. The number of ketones is 1. The molecule has 40 heavy (non-hydrogen) atoms. The van der Waals surface area contributed by atoms with Gasteiger partial charge in [0.25, 0.3) is 0 Å². The monoisotopic (exact) mass is 547 g/mol. The quantitative estimate of drug-likeness (QED) is 0.169. The van der Waals surface area contributed by atoms with Crippen LogP contribution in [0.15, 0.2) is 66.9 Å². The molecule has 0 bridgehead atoms. The minimum absolute atomic E-state index is 0.0966. The van der Waals surface area contributed by atoms with Gasteiger partial charge in [0.1, 0.15) is 0 Å². The van der Waals surface area contributed by atoms with Crippen LogP contribution in [-0.2, 0) is 22.4 Å². The van der Waals surface area contributed by atoms with E-state index in [4.69, 9.17) is 17.2 Å². The zero-order valence-corrected chi connectivity index (χ0v) is 22.9. The van der Waals surface area contributed by atoms with Gasteiger partial charge in [0.05, 0.1) is 17.6 Å². The number of hydrogen-bond donors (Lipinski definition) is 5. The standard InChI is InChI=1S/C30H41N7O3/c31-14-17-37(18-15-32)30(40)34-16-6-10-25(33)29(39)36-27(13-12-22-7-2-1-3-8-22)28(38)20-23-19-24-9-4-5-11-26(24)35-21-23/h1-5,7-9,11,19,21,25,27H,6,10,12-18,20,31-33H2,(H,34,40)(H,36,39)/t25-,27+/m0/s1. The summed E-state index contributed by atoms with van der Waals surface area (Å²) in [5.41, 5.74) is 20.0. The number of Topliss-reactive ketones (excluding diaryl/α,β-unsaturated/α-hetero) is 1. The predicted molar refractivity (Wildman–Crippen MR) is 157 cm³/mol. The van der Waals surface area contributed by atoms with Gasteiger partial charge in [0.2, 0.25) is 5.91 Å². The molecule has 10 heteroatoms. The summed E-state index contributed by atoms with van der Waals surface area (Å²) in [6.07, 6.45) is 3.81. The topological polar surface area (TPSA) is 169 Å². The summed E-state index contributed by atoms with van der Waals surface area (Å²) in [7, 11) is 0. The maximum Gasteiger partial charge on any atom is 0.317 e. The molecule has 0 radical (unpaired) electrons. The largest absolute Gasteiger partial charge is 0.345 e. The highest BCUT2D eigenvalue weighted by Crippen LogP contribution is 2.15. The fourth-order valence-electron chi connectivity index (χ4n) is 4.47. The van der Waals surface area contributed by atoms with Crippen LogP contribution in [0, 0.1) is 0 Å². The van der Waals surface area contributed by atoms with Crippen molar-refractivity contribution >= 4 is 28.6 Å². The van der Waals surface area contributed by atoms with E-state index in [1.807, 2.05) is 60.7 Å². The summed E-state index contributed by atoms with van der Waals surface area (Å²) in [5, 5.41) is 6.66. The number of nitrogens with two attached hydrogens (primary N) is 3. The van der Waals surface area contributed by atoms with Crippen LogP contribution in [-0.4, -0.2) is 72.4 Å². The van der Waals surface area contributed by atoms with E-state index in [0.717, 1.165) is 22.0 Å². The van der Waals surface area contributed by atoms with E-state index in [1.165, 1.54) is 0 Å². The minimum atomic E-state index is -0.810. The van der Waals surface area contributed by atoms with Crippen LogP contribution in [0.5, 0.6) is 0 Å². The van der Waals surface area contributed by atoms with Crippen molar-refractivity contribution in [1.29, 1.82) is 0 Å². The van der Waals surface area contributed by atoms with Crippen molar-refractivity contribution in [2.75, 3.05) is 32.7 Å². The van der Waals surface area contributed by atoms with E-state index in [2.05, 4.69) is 15.6 Å². The van der Waals surface area contributed by atoms with E-state index in [9.17, 15) is 14.4 Å². The number of nitrogens with zero attached hydrogens (tertiary/aromatic N) is 2. The number of pyridine rings is 1. The molecule has 2 atom stereocenters. The van der Waals surface area contributed by atoms with Crippen LogP contribution in [0.2, 0.25) is 0 Å². The van der Waals surface area contributed by atoms with Gasteiger partial charge in [-0.3, -0.25) is 14.6 Å². The first-order chi connectivity index (χ1) is 19.4. The number of carbonyl (C=O) groups excluding carboxylic acids is 3. The molecule has 3 amide bonds. The lowest BCUT2D eigenvalue weighted by Crippen LogP contribution is -2.49. The van der Waals surface area contributed by atoms with Gasteiger partial charge in [0, 0.05) is 50.7 Å².